The number of esters is 4. The van der Waals surface area contributed by atoms with E-state index in [0.29, 0.717) is 25.7 Å². The van der Waals surface area contributed by atoms with Crippen LogP contribution in [0.4, 0.5) is 0 Å². The number of carbonyl (C=O) groups is 4. The van der Waals surface area contributed by atoms with E-state index in [-0.39, 0.29) is 37.0 Å². The van der Waals surface area contributed by atoms with Crippen LogP contribution in [-0.4, -0.2) is 48.3 Å². The van der Waals surface area contributed by atoms with Crippen molar-refractivity contribution in [3.63, 3.8) is 0 Å². The zero-order valence-corrected chi connectivity index (χ0v) is 22.2. The Morgan fingerprint density at radius 2 is 1.28 bits per heavy atom. The Kier molecular flexibility index (Phi) is 5.32. The second-order valence-electron chi connectivity index (χ2n) is 13.0. The van der Waals surface area contributed by atoms with Crippen LogP contribution in [0.25, 0.3) is 0 Å². The first-order chi connectivity index (χ1) is 16.7. The fourth-order valence-electron chi connectivity index (χ4n) is 7.34. The van der Waals surface area contributed by atoms with Gasteiger partial charge in [-0.25, -0.2) is 9.59 Å². The Hall–Kier alpha value is -2.38. The van der Waals surface area contributed by atoms with Crippen molar-refractivity contribution in [3.05, 3.63) is 12.2 Å². The molecule has 3 aliphatic carbocycles. The van der Waals surface area contributed by atoms with Crippen LogP contribution >= 0.6 is 0 Å². The summed E-state index contributed by atoms with van der Waals surface area (Å²) in [6, 6.07) is 0. The number of hydrogen-bond donors (Lipinski definition) is 0. The maximum atomic E-state index is 13.3. The van der Waals surface area contributed by atoms with Gasteiger partial charge in [0.1, 0.15) is 0 Å². The van der Waals surface area contributed by atoms with Crippen LogP contribution < -0.4 is 0 Å². The summed E-state index contributed by atoms with van der Waals surface area (Å²) in [7, 11) is 0. The molecule has 0 amide bonds. The van der Waals surface area contributed by atoms with Crippen LogP contribution in [0.1, 0.15) is 80.1 Å². The molecule has 0 spiro atoms. The van der Waals surface area contributed by atoms with Gasteiger partial charge in [0.2, 0.25) is 11.2 Å². The zero-order valence-electron chi connectivity index (χ0n) is 22.2. The van der Waals surface area contributed by atoms with Crippen LogP contribution in [0, 0.1) is 33.5 Å². The van der Waals surface area contributed by atoms with Crippen molar-refractivity contribution in [3.8, 4) is 0 Å². The summed E-state index contributed by atoms with van der Waals surface area (Å²) in [5.74, 6) is -1.83. The summed E-state index contributed by atoms with van der Waals surface area (Å²) in [5, 5.41) is 0. The molecule has 4 unspecified atom stereocenters. The molecule has 6 atom stereocenters. The fourth-order valence-corrected chi connectivity index (χ4v) is 7.34. The van der Waals surface area contributed by atoms with Gasteiger partial charge in [-0.15, -0.1) is 0 Å². The van der Waals surface area contributed by atoms with Gasteiger partial charge in [-0.3, -0.25) is 9.59 Å². The van der Waals surface area contributed by atoms with Crippen molar-refractivity contribution in [2.24, 2.45) is 33.5 Å². The Labute approximate surface area is 212 Å². The van der Waals surface area contributed by atoms with Crippen molar-refractivity contribution < 1.29 is 38.1 Å². The smallest absolute Gasteiger partial charge is 0.351 e. The van der Waals surface area contributed by atoms with Crippen molar-refractivity contribution in [1.29, 1.82) is 0 Å². The van der Waals surface area contributed by atoms with Crippen molar-refractivity contribution >= 4 is 23.9 Å². The van der Waals surface area contributed by atoms with E-state index in [1.54, 1.807) is 0 Å². The van der Waals surface area contributed by atoms with Crippen LogP contribution in [-0.2, 0) is 38.1 Å². The maximum absolute atomic E-state index is 13.3. The fraction of sp³-hybridized carbons (Fsp3) is 0.786. The van der Waals surface area contributed by atoms with Gasteiger partial charge in [0.15, 0.2) is 0 Å². The summed E-state index contributed by atoms with van der Waals surface area (Å²) in [4.78, 5) is 51.6. The van der Waals surface area contributed by atoms with E-state index in [0.717, 1.165) is 12.8 Å². The van der Waals surface area contributed by atoms with Gasteiger partial charge in [-0.2, -0.15) is 0 Å². The van der Waals surface area contributed by atoms with Crippen molar-refractivity contribution in [1.82, 2.24) is 0 Å². The second kappa shape index (κ2) is 7.57. The highest BCUT2D eigenvalue weighted by Gasteiger charge is 2.77. The predicted octanol–water partition coefficient (Wildman–Crippen LogP) is 3.90. The Bertz CT molecular complexity index is 1060. The van der Waals surface area contributed by atoms with Gasteiger partial charge in [-0.1, -0.05) is 39.8 Å². The monoisotopic (exact) mass is 502 g/mol. The van der Waals surface area contributed by atoms with E-state index in [4.69, 9.17) is 18.9 Å². The normalized spacial score (nSPS) is 43.3. The maximum Gasteiger partial charge on any atom is 0.351 e. The first-order valence-electron chi connectivity index (χ1n) is 13.2. The molecule has 5 aliphatic rings. The molecule has 5 rings (SSSR count). The summed E-state index contributed by atoms with van der Waals surface area (Å²) in [5.41, 5.74) is -5.21. The SMILES string of the molecule is CC12CCC(C(=O)OC[C@H]3CCC=C[C@@H]3COC(=O)C34CCC(C)(C(=O)O3)C4(C)C)(OC1=O)C2(C)C. The molecule has 0 aromatic carbocycles. The Morgan fingerprint density at radius 3 is 1.69 bits per heavy atom. The number of carbonyl (C=O) groups excluding carboxylic acids is 4. The third-order valence-electron chi connectivity index (χ3n) is 11.4. The lowest BCUT2D eigenvalue weighted by Crippen LogP contribution is -2.50. The molecule has 0 aromatic rings. The highest BCUT2D eigenvalue weighted by Crippen LogP contribution is 2.67. The zero-order chi connectivity index (χ0) is 26.4. The first kappa shape index (κ1) is 25.3. The third-order valence-corrected chi connectivity index (χ3v) is 11.4. The van der Waals surface area contributed by atoms with Crippen LogP contribution in [0.3, 0.4) is 0 Å². The second-order valence-corrected chi connectivity index (χ2v) is 13.0. The van der Waals surface area contributed by atoms with Gasteiger partial charge in [0.05, 0.1) is 24.0 Å². The lowest BCUT2D eigenvalue weighted by molar-refractivity contribution is -0.186. The average Bonchev–Trinajstić information content (AvgIpc) is 3.29. The number of allylic oxidation sites excluding steroid dienone is 1. The van der Waals surface area contributed by atoms with E-state index in [2.05, 4.69) is 0 Å². The quantitative estimate of drug-likeness (QED) is 0.306. The summed E-state index contributed by atoms with van der Waals surface area (Å²) in [6.07, 6.45) is 7.78. The van der Waals surface area contributed by atoms with E-state index in [9.17, 15) is 19.2 Å². The summed E-state index contributed by atoms with van der Waals surface area (Å²) < 4.78 is 22.9. The molecule has 8 heteroatoms. The lowest BCUT2D eigenvalue weighted by atomic mass is 9.66. The molecule has 4 bridgehead atoms. The summed E-state index contributed by atoms with van der Waals surface area (Å²) in [6.45, 7) is 11.6. The van der Waals surface area contributed by atoms with Crippen molar-refractivity contribution in [2.75, 3.05) is 13.2 Å². The average molecular weight is 503 g/mol. The topological polar surface area (TPSA) is 105 Å². The van der Waals surface area contributed by atoms with Gasteiger partial charge in [0, 0.05) is 22.7 Å². The number of hydrogen-bond acceptors (Lipinski definition) is 8. The third kappa shape index (κ3) is 2.82. The number of rotatable bonds is 6. The highest BCUT2D eigenvalue weighted by molar-refractivity contribution is 5.94. The summed E-state index contributed by atoms with van der Waals surface area (Å²) >= 11 is 0. The van der Waals surface area contributed by atoms with Gasteiger partial charge < -0.3 is 18.9 Å². The van der Waals surface area contributed by atoms with Gasteiger partial charge in [-0.05, 0) is 52.4 Å². The molecule has 2 heterocycles. The molecule has 2 aliphatic heterocycles. The molecule has 198 valence electrons. The minimum absolute atomic E-state index is 0.0402. The molecule has 4 fully saturated rings. The first-order valence-corrected chi connectivity index (χ1v) is 13.2. The van der Waals surface area contributed by atoms with Crippen molar-refractivity contribution in [2.45, 2.75) is 91.3 Å². The van der Waals surface area contributed by atoms with E-state index >= 15 is 0 Å². The van der Waals surface area contributed by atoms with Crippen LogP contribution in [0.15, 0.2) is 12.2 Å². The minimum atomic E-state index is -1.26. The molecule has 0 aromatic heterocycles. The molecule has 8 nitrogen and oxygen atoms in total. The molecule has 2 saturated heterocycles. The number of ether oxygens (including phenoxy) is 4. The Morgan fingerprint density at radius 1 is 0.806 bits per heavy atom. The predicted molar refractivity (Wildman–Crippen MR) is 127 cm³/mol. The standard InChI is InChI=1S/C28H38O8/c1-23(2)25(5)11-13-27(23,35-19(25)29)21(31)33-15-17-9-7-8-10-18(17)16-34-22(32)28-14-12-26(6,20(30)36-28)24(28,3)4/h7,9,17-18H,8,10-16H2,1-6H3/t17-,18-,25?,26?,27?,28?/m1/s1. The largest absolute Gasteiger partial charge is 0.462 e. The number of fused-ring (bicyclic) bond motifs is 4. The molecule has 2 saturated carbocycles. The van der Waals surface area contributed by atoms with E-state index in [1.165, 1.54) is 0 Å². The minimum Gasteiger partial charge on any atom is -0.462 e. The highest BCUT2D eigenvalue weighted by atomic mass is 16.6. The van der Waals surface area contributed by atoms with E-state index < -0.39 is 44.8 Å². The van der Waals surface area contributed by atoms with Crippen LogP contribution in [0.5, 0.6) is 0 Å². The lowest BCUT2D eigenvalue weighted by Gasteiger charge is -2.36. The van der Waals surface area contributed by atoms with Gasteiger partial charge >= 0.3 is 23.9 Å². The van der Waals surface area contributed by atoms with Gasteiger partial charge in [0.25, 0.3) is 0 Å². The Balaban J connectivity index is 1.23. The van der Waals surface area contributed by atoms with E-state index in [1.807, 2.05) is 53.7 Å². The molecular formula is C28H38O8. The van der Waals surface area contributed by atoms with Crippen LogP contribution in [0.2, 0.25) is 0 Å². The molecule has 0 radical (unpaired) electrons. The molecule has 36 heavy (non-hydrogen) atoms. The molecule has 0 N–H and O–H groups in total. The molecular weight excluding hydrogens is 464 g/mol.